The van der Waals surface area contributed by atoms with Crippen LogP contribution in [-0.4, -0.2) is 77.3 Å². The summed E-state index contributed by atoms with van der Waals surface area (Å²) in [6, 6.07) is 14.5. The normalized spacial score (nSPS) is 20.9. The zero-order valence-electron chi connectivity index (χ0n) is 15.8. The third-order valence-corrected chi connectivity index (χ3v) is 7.29. The molecule has 1 aromatic carbocycles. The van der Waals surface area contributed by atoms with E-state index in [0.717, 1.165) is 22.9 Å². The summed E-state index contributed by atoms with van der Waals surface area (Å²) in [4.78, 5) is 32.3. The molecule has 2 amide bonds. The Bertz CT molecular complexity index is 789. The van der Waals surface area contributed by atoms with Gasteiger partial charge in [0.2, 0.25) is 5.91 Å². The molecular formula is C21H25N3O2S2. The number of piperazine rings is 1. The maximum atomic E-state index is 12.9. The summed E-state index contributed by atoms with van der Waals surface area (Å²) in [5, 5.41) is 1.92. The van der Waals surface area contributed by atoms with Crippen molar-refractivity contribution in [2.24, 2.45) is 0 Å². The van der Waals surface area contributed by atoms with Crippen LogP contribution in [0.3, 0.4) is 0 Å². The van der Waals surface area contributed by atoms with Crippen LogP contribution in [0, 0.1) is 0 Å². The Labute approximate surface area is 174 Å². The van der Waals surface area contributed by atoms with E-state index in [-0.39, 0.29) is 11.8 Å². The van der Waals surface area contributed by atoms with Crippen molar-refractivity contribution in [3.05, 3.63) is 58.3 Å². The minimum atomic E-state index is 0.0827. The standard InChI is InChI=1S/C21H25N3O2S2/c25-20(15-24-12-14-27-16-18(24)17-5-2-1-3-6-17)22-8-10-23(11-9-22)21(26)19-7-4-13-28-19/h1-7,13,18H,8-12,14-16H2. The smallest absolute Gasteiger partial charge is 0.264 e. The number of carbonyl (C=O) groups is 2. The number of amides is 2. The van der Waals surface area contributed by atoms with Crippen molar-refractivity contribution in [1.82, 2.24) is 14.7 Å². The fourth-order valence-corrected chi connectivity index (χ4v) is 5.65. The summed E-state index contributed by atoms with van der Waals surface area (Å²) in [6.07, 6.45) is 0. The summed E-state index contributed by atoms with van der Waals surface area (Å²) in [5.74, 6) is 2.36. The molecule has 7 heteroatoms. The molecule has 28 heavy (non-hydrogen) atoms. The van der Waals surface area contributed by atoms with Crippen LogP contribution in [0.25, 0.3) is 0 Å². The molecule has 0 aliphatic carbocycles. The molecule has 1 atom stereocenters. The Balaban J connectivity index is 1.33. The average Bonchev–Trinajstić information content (AvgIpc) is 3.29. The highest BCUT2D eigenvalue weighted by molar-refractivity contribution is 7.99. The molecule has 2 saturated heterocycles. The molecule has 0 N–H and O–H groups in total. The summed E-state index contributed by atoms with van der Waals surface area (Å²) in [7, 11) is 0. The largest absolute Gasteiger partial charge is 0.338 e. The number of thioether (sulfide) groups is 1. The molecule has 1 aromatic heterocycles. The monoisotopic (exact) mass is 415 g/mol. The first-order valence-corrected chi connectivity index (χ1v) is 11.7. The van der Waals surface area contributed by atoms with Crippen LogP contribution in [0.5, 0.6) is 0 Å². The highest BCUT2D eigenvalue weighted by Crippen LogP contribution is 2.29. The van der Waals surface area contributed by atoms with Gasteiger partial charge in [0.05, 0.1) is 11.4 Å². The van der Waals surface area contributed by atoms with E-state index in [0.29, 0.717) is 38.8 Å². The van der Waals surface area contributed by atoms with Gasteiger partial charge in [-0.2, -0.15) is 11.8 Å². The van der Waals surface area contributed by atoms with Gasteiger partial charge in [0.15, 0.2) is 0 Å². The maximum absolute atomic E-state index is 12.9. The maximum Gasteiger partial charge on any atom is 0.264 e. The molecule has 0 saturated carbocycles. The molecule has 2 aliphatic heterocycles. The second-order valence-corrected chi connectivity index (χ2v) is 9.22. The van der Waals surface area contributed by atoms with Gasteiger partial charge in [-0.1, -0.05) is 36.4 Å². The molecule has 1 unspecified atom stereocenters. The highest BCUT2D eigenvalue weighted by Gasteiger charge is 2.30. The fourth-order valence-electron chi connectivity index (χ4n) is 3.80. The van der Waals surface area contributed by atoms with Crippen molar-refractivity contribution in [3.8, 4) is 0 Å². The van der Waals surface area contributed by atoms with E-state index >= 15 is 0 Å². The molecule has 0 radical (unpaired) electrons. The van der Waals surface area contributed by atoms with Crippen molar-refractivity contribution in [3.63, 3.8) is 0 Å². The van der Waals surface area contributed by atoms with Gasteiger partial charge in [-0.05, 0) is 17.0 Å². The minimum Gasteiger partial charge on any atom is -0.338 e. The predicted molar refractivity (Wildman–Crippen MR) is 115 cm³/mol. The highest BCUT2D eigenvalue weighted by atomic mass is 32.2. The molecule has 4 rings (SSSR count). The first kappa shape index (κ1) is 19.5. The lowest BCUT2D eigenvalue weighted by Gasteiger charge is -2.39. The van der Waals surface area contributed by atoms with Crippen LogP contribution in [0.4, 0.5) is 0 Å². The minimum absolute atomic E-state index is 0.0827. The number of benzene rings is 1. The van der Waals surface area contributed by atoms with E-state index in [9.17, 15) is 9.59 Å². The summed E-state index contributed by atoms with van der Waals surface area (Å²) in [6.45, 7) is 3.86. The SMILES string of the molecule is O=C(CN1CCSCC1c1ccccc1)N1CCN(C(=O)c2cccs2)CC1. The molecular weight excluding hydrogens is 390 g/mol. The van der Waals surface area contributed by atoms with Crippen molar-refractivity contribution in [2.45, 2.75) is 6.04 Å². The number of carbonyl (C=O) groups excluding carboxylic acids is 2. The molecule has 2 aliphatic rings. The third-order valence-electron chi connectivity index (χ3n) is 5.41. The number of hydrogen-bond acceptors (Lipinski definition) is 5. The summed E-state index contributed by atoms with van der Waals surface area (Å²) < 4.78 is 0. The van der Waals surface area contributed by atoms with Gasteiger partial charge >= 0.3 is 0 Å². The quantitative estimate of drug-likeness (QED) is 0.770. The Morgan fingerprint density at radius 3 is 2.39 bits per heavy atom. The van der Waals surface area contributed by atoms with Gasteiger partial charge in [0.1, 0.15) is 0 Å². The van der Waals surface area contributed by atoms with Gasteiger partial charge in [0.25, 0.3) is 5.91 Å². The number of thiophene rings is 1. The topological polar surface area (TPSA) is 43.9 Å². The Hall–Kier alpha value is -1.83. The number of hydrogen-bond donors (Lipinski definition) is 0. The van der Waals surface area contributed by atoms with Crippen LogP contribution >= 0.6 is 23.1 Å². The van der Waals surface area contributed by atoms with Crippen LogP contribution in [0.2, 0.25) is 0 Å². The van der Waals surface area contributed by atoms with Crippen molar-refractivity contribution in [2.75, 3.05) is 50.8 Å². The van der Waals surface area contributed by atoms with E-state index < -0.39 is 0 Å². The second kappa shape index (κ2) is 9.11. The van der Waals surface area contributed by atoms with E-state index in [1.54, 1.807) is 0 Å². The zero-order valence-corrected chi connectivity index (χ0v) is 17.5. The van der Waals surface area contributed by atoms with Gasteiger partial charge in [-0.25, -0.2) is 0 Å². The van der Waals surface area contributed by atoms with Crippen molar-refractivity contribution in [1.29, 1.82) is 0 Å². The zero-order chi connectivity index (χ0) is 19.3. The molecule has 2 fully saturated rings. The lowest BCUT2D eigenvalue weighted by molar-refractivity contribution is -0.134. The van der Waals surface area contributed by atoms with Crippen molar-refractivity contribution >= 4 is 34.9 Å². The molecule has 0 bridgehead atoms. The van der Waals surface area contributed by atoms with E-state index in [2.05, 4.69) is 29.2 Å². The number of nitrogens with zero attached hydrogens (tertiary/aromatic N) is 3. The molecule has 3 heterocycles. The van der Waals surface area contributed by atoms with E-state index in [1.807, 2.05) is 45.1 Å². The lowest BCUT2D eigenvalue weighted by atomic mass is 10.1. The lowest BCUT2D eigenvalue weighted by Crippen LogP contribution is -2.53. The summed E-state index contributed by atoms with van der Waals surface area (Å²) in [5.41, 5.74) is 1.29. The van der Waals surface area contributed by atoms with Crippen molar-refractivity contribution < 1.29 is 9.59 Å². The molecule has 0 spiro atoms. The van der Waals surface area contributed by atoms with Crippen LogP contribution < -0.4 is 0 Å². The average molecular weight is 416 g/mol. The Morgan fingerprint density at radius 1 is 0.929 bits per heavy atom. The van der Waals surface area contributed by atoms with Crippen LogP contribution in [0.1, 0.15) is 21.3 Å². The molecule has 2 aromatic rings. The first-order valence-electron chi connectivity index (χ1n) is 9.69. The predicted octanol–water partition coefficient (Wildman–Crippen LogP) is 2.82. The number of rotatable bonds is 4. The molecule has 5 nitrogen and oxygen atoms in total. The first-order chi connectivity index (χ1) is 13.7. The Kier molecular flexibility index (Phi) is 6.34. The van der Waals surface area contributed by atoms with Crippen LogP contribution in [-0.2, 0) is 4.79 Å². The van der Waals surface area contributed by atoms with Gasteiger partial charge in [-0.15, -0.1) is 11.3 Å². The van der Waals surface area contributed by atoms with Crippen LogP contribution in [0.15, 0.2) is 47.8 Å². The van der Waals surface area contributed by atoms with Gasteiger partial charge in [-0.3, -0.25) is 14.5 Å². The molecule has 148 valence electrons. The van der Waals surface area contributed by atoms with E-state index in [1.165, 1.54) is 16.9 Å². The summed E-state index contributed by atoms with van der Waals surface area (Å²) >= 11 is 3.43. The fraction of sp³-hybridized carbons (Fsp3) is 0.429. The third kappa shape index (κ3) is 4.42. The van der Waals surface area contributed by atoms with Gasteiger partial charge < -0.3 is 9.80 Å². The second-order valence-electron chi connectivity index (χ2n) is 7.12. The van der Waals surface area contributed by atoms with E-state index in [4.69, 9.17) is 0 Å². The van der Waals surface area contributed by atoms with Gasteiger partial charge in [0, 0.05) is 50.3 Å². The Morgan fingerprint density at radius 2 is 1.68 bits per heavy atom.